The van der Waals surface area contributed by atoms with E-state index in [1.807, 2.05) is 30.3 Å². The number of amides is 3. The molecule has 2 heterocycles. The van der Waals surface area contributed by atoms with Gasteiger partial charge in [0.1, 0.15) is 18.6 Å². The number of ether oxygens (including phenoxy) is 1. The predicted molar refractivity (Wildman–Crippen MR) is 75.6 cm³/mol. The van der Waals surface area contributed by atoms with Crippen molar-refractivity contribution in [1.82, 2.24) is 10.2 Å². The Kier molecular flexibility index (Phi) is 3.65. The van der Waals surface area contributed by atoms with Crippen molar-refractivity contribution in [2.24, 2.45) is 0 Å². The first kappa shape index (κ1) is 14.0. The number of morpholine rings is 1. The first-order chi connectivity index (χ1) is 10.1. The van der Waals surface area contributed by atoms with Crippen molar-refractivity contribution in [1.29, 1.82) is 0 Å². The van der Waals surface area contributed by atoms with Crippen LogP contribution in [0, 0.1) is 0 Å². The lowest BCUT2D eigenvalue weighted by Crippen LogP contribution is -3.15. The molecule has 2 saturated heterocycles. The third kappa shape index (κ3) is 2.52. The molecule has 1 aromatic rings. The normalized spacial score (nSPS) is 27.0. The molecular formula is C15H20N3O3+. The van der Waals surface area contributed by atoms with Crippen LogP contribution in [0.1, 0.15) is 12.5 Å². The van der Waals surface area contributed by atoms with Gasteiger partial charge in [0, 0.05) is 0 Å². The molecule has 6 heteroatoms. The van der Waals surface area contributed by atoms with Crippen LogP contribution in [-0.4, -0.2) is 49.8 Å². The molecule has 2 aliphatic heterocycles. The Balaban J connectivity index is 1.78. The van der Waals surface area contributed by atoms with E-state index in [4.69, 9.17) is 4.74 Å². The van der Waals surface area contributed by atoms with Crippen molar-refractivity contribution in [3.8, 4) is 0 Å². The summed E-state index contributed by atoms with van der Waals surface area (Å²) in [6, 6.07) is 9.05. The van der Waals surface area contributed by atoms with Gasteiger partial charge in [-0.3, -0.25) is 4.79 Å². The molecule has 0 unspecified atom stereocenters. The number of carbonyl (C=O) groups is 2. The predicted octanol–water partition coefficient (Wildman–Crippen LogP) is -0.674. The Morgan fingerprint density at radius 1 is 1.24 bits per heavy atom. The van der Waals surface area contributed by atoms with Crippen LogP contribution in [0.3, 0.4) is 0 Å². The molecule has 0 saturated carbocycles. The minimum Gasteiger partial charge on any atom is -0.370 e. The molecule has 6 nitrogen and oxygen atoms in total. The fourth-order valence-electron chi connectivity index (χ4n) is 2.85. The second-order valence-corrected chi connectivity index (χ2v) is 5.67. The number of benzene rings is 1. The molecule has 3 amide bonds. The van der Waals surface area contributed by atoms with Crippen molar-refractivity contribution in [2.75, 3.05) is 33.0 Å². The zero-order valence-corrected chi connectivity index (χ0v) is 12.1. The van der Waals surface area contributed by atoms with Gasteiger partial charge in [0.2, 0.25) is 0 Å². The van der Waals surface area contributed by atoms with E-state index in [2.05, 4.69) is 5.32 Å². The molecule has 0 aromatic heterocycles. The van der Waals surface area contributed by atoms with Crippen LogP contribution >= 0.6 is 0 Å². The van der Waals surface area contributed by atoms with Gasteiger partial charge in [-0.05, 0) is 12.5 Å². The maximum atomic E-state index is 12.7. The molecule has 3 rings (SSSR count). The van der Waals surface area contributed by atoms with Crippen LogP contribution in [-0.2, 0) is 15.1 Å². The molecule has 0 spiro atoms. The SMILES string of the molecule is C[C@]1(c2ccccc2)NC(=O)N(C[NH+]2CCOCC2)C1=O. The highest BCUT2D eigenvalue weighted by atomic mass is 16.5. The summed E-state index contributed by atoms with van der Waals surface area (Å²) in [7, 11) is 0. The summed E-state index contributed by atoms with van der Waals surface area (Å²) in [6.45, 7) is 5.15. The van der Waals surface area contributed by atoms with Crippen LogP contribution < -0.4 is 10.2 Å². The highest BCUT2D eigenvalue weighted by Gasteiger charge is 2.50. The van der Waals surface area contributed by atoms with Crippen molar-refractivity contribution in [3.05, 3.63) is 35.9 Å². The number of hydrogen-bond acceptors (Lipinski definition) is 3. The number of quaternary nitrogens is 1. The summed E-state index contributed by atoms with van der Waals surface area (Å²) in [4.78, 5) is 27.4. The van der Waals surface area contributed by atoms with Crippen molar-refractivity contribution in [2.45, 2.75) is 12.5 Å². The molecule has 1 atom stereocenters. The van der Waals surface area contributed by atoms with Crippen molar-refractivity contribution in [3.63, 3.8) is 0 Å². The fraction of sp³-hybridized carbons (Fsp3) is 0.467. The number of imide groups is 1. The highest BCUT2D eigenvalue weighted by Crippen LogP contribution is 2.27. The first-order valence-electron chi connectivity index (χ1n) is 7.22. The highest BCUT2D eigenvalue weighted by molar-refractivity contribution is 6.07. The average Bonchev–Trinajstić information content (AvgIpc) is 2.74. The van der Waals surface area contributed by atoms with Crippen molar-refractivity contribution >= 4 is 11.9 Å². The van der Waals surface area contributed by atoms with E-state index < -0.39 is 5.54 Å². The summed E-state index contributed by atoms with van der Waals surface area (Å²) in [5.41, 5.74) is -0.160. The van der Waals surface area contributed by atoms with Gasteiger partial charge >= 0.3 is 6.03 Å². The molecule has 2 aliphatic rings. The Morgan fingerprint density at radius 2 is 1.90 bits per heavy atom. The van der Waals surface area contributed by atoms with Gasteiger partial charge < -0.3 is 15.0 Å². The maximum Gasteiger partial charge on any atom is 0.329 e. The van der Waals surface area contributed by atoms with Crippen LogP contribution in [0.4, 0.5) is 4.79 Å². The van der Waals surface area contributed by atoms with E-state index in [1.165, 1.54) is 9.80 Å². The molecule has 2 N–H and O–H groups in total. The van der Waals surface area contributed by atoms with Gasteiger partial charge in [-0.1, -0.05) is 30.3 Å². The average molecular weight is 290 g/mol. The Bertz CT molecular complexity index is 542. The topological polar surface area (TPSA) is 63.1 Å². The van der Waals surface area contributed by atoms with E-state index in [0.717, 1.165) is 18.7 Å². The minimum atomic E-state index is -0.968. The lowest BCUT2D eigenvalue weighted by Gasteiger charge is -2.27. The van der Waals surface area contributed by atoms with Crippen LogP contribution in [0.5, 0.6) is 0 Å². The smallest absolute Gasteiger partial charge is 0.329 e. The van der Waals surface area contributed by atoms with Gasteiger partial charge in [0.15, 0.2) is 6.67 Å². The summed E-state index contributed by atoms with van der Waals surface area (Å²) >= 11 is 0. The quantitative estimate of drug-likeness (QED) is 0.726. The summed E-state index contributed by atoms with van der Waals surface area (Å²) < 4.78 is 5.30. The molecular weight excluding hydrogens is 270 g/mol. The number of nitrogens with one attached hydrogen (secondary N) is 2. The van der Waals surface area contributed by atoms with E-state index in [0.29, 0.717) is 19.9 Å². The number of hydrogen-bond donors (Lipinski definition) is 2. The van der Waals surface area contributed by atoms with Gasteiger partial charge in [-0.25, -0.2) is 9.69 Å². The largest absolute Gasteiger partial charge is 0.370 e. The van der Waals surface area contributed by atoms with Crippen LogP contribution in [0.25, 0.3) is 0 Å². The minimum absolute atomic E-state index is 0.183. The Hall–Kier alpha value is -1.92. The molecule has 0 radical (unpaired) electrons. The summed E-state index contributed by atoms with van der Waals surface area (Å²) in [5.74, 6) is -0.183. The van der Waals surface area contributed by atoms with Crippen molar-refractivity contribution < 1.29 is 19.2 Å². The van der Waals surface area contributed by atoms with E-state index in [9.17, 15) is 9.59 Å². The second-order valence-electron chi connectivity index (χ2n) is 5.67. The molecule has 112 valence electrons. The Morgan fingerprint density at radius 3 is 2.57 bits per heavy atom. The van der Waals surface area contributed by atoms with Crippen LogP contribution in [0.2, 0.25) is 0 Å². The monoisotopic (exact) mass is 290 g/mol. The summed E-state index contributed by atoms with van der Waals surface area (Å²) in [6.07, 6.45) is 0. The Labute approximate surface area is 123 Å². The van der Waals surface area contributed by atoms with E-state index >= 15 is 0 Å². The van der Waals surface area contributed by atoms with Gasteiger partial charge in [-0.15, -0.1) is 0 Å². The second kappa shape index (κ2) is 5.46. The fourth-order valence-corrected chi connectivity index (χ4v) is 2.85. The molecule has 0 aliphatic carbocycles. The van der Waals surface area contributed by atoms with Gasteiger partial charge in [-0.2, -0.15) is 0 Å². The number of urea groups is 1. The zero-order chi connectivity index (χ0) is 14.9. The first-order valence-corrected chi connectivity index (χ1v) is 7.22. The van der Waals surface area contributed by atoms with Crippen LogP contribution in [0.15, 0.2) is 30.3 Å². The molecule has 1 aromatic carbocycles. The van der Waals surface area contributed by atoms with Gasteiger partial charge in [0.25, 0.3) is 5.91 Å². The number of nitrogens with zero attached hydrogens (tertiary/aromatic N) is 1. The van der Waals surface area contributed by atoms with E-state index in [1.54, 1.807) is 6.92 Å². The maximum absolute atomic E-state index is 12.7. The summed E-state index contributed by atoms with van der Waals surface area (Å²) in [5, 5.41) is 2.83. The van der Waals surface area contributed by atoms with E-state index in [-0.39, 0.29) is 11.9 Å². The van der Waals surface area contributed by atoms with Gasteiger partial charge in [0.05, 0.1) is 13.2 Å². The third-order valence-electron chi connectivity index (χ3n) is 4.21. The third-order valence-corrected chi connectivity index (χ3v) is 4.21. The molecule has 2 fully saturated rings. The number of rotatable bonds is 3. The molecule has 0 bridgehead atoms. The lowest BCUT2D eigenvalue weighted by atomic mass is 9.92. The zero-order valence-electron chi connectivity index (χ0n) is 12.1. The standard InChI is InChI=1S/C15H19N3O3/c1-15(12-5-3-2-4-6-12)13(19)18(14(20)16-15)11-17-7-9-21-10-8-17/h2-6H,7-11H2,1H3,(H,16,20)/p+1/t15-/m1/s1. The lowest BCUT2D eigenvalue weighted by molar-refractivity contribution is -0.915. The number of carbonyl (C=O) groups excluding carboxylic acids is 2. The molecule has 21 heavy (non-hydrogen) atoms.